The Labute approximate surface area is 125 Å². The van der Waals surface area contributed by atoms with Gasteiger partial charge in [0.1, 0.15) is 11.6 Å². The maximum Gasteiger partial charge on any atom is 0.255 e. The Morgan fingerprint density at radius 3 is 2.41 bits per heavy atom. The number of nitrogens with two attached hydrogens (primary N) is 1. The van der Waals surface area contributed by atoms with Crippen molar-refractivity contribution in [3.05, 3.63) is 59.2 Å². The van der Waals surface area contributed by atoms with Gasteiger partial charge in [-0.15, -0.1) is 0 Å². The number of rotatable bonds is 3. The number of halogens is 2. The summed E-state index contributed by atoms with van der Waals surface area (Å²) in [6.07, 6.45) is 0. The maximum atomic E-state index is 13.5. The molecule has 2 aromatic carbocycles. The fourth-order valence-electron chi connectivity index (χ4n) is 1.83. The molecule has 0 atom stereocenters. The zero-order chi connectivity index (χ0) is 16.5. The Bertz CT molecular complexity index is 851. The smallest absolute Gasteiger partial charge is 0.255 e. The molecule has 3 N–H and O–H groups in total. The second-order valence-corrected chi connectivity index (χ2v) is 6.13. The third-order valence-corrected chi connectivity index (χ3v) is 3.99. The van der Waals surface area contributed by atoms with Crippen LogP contribution in [0.1, 0.15) is 15.9 Å². The van der Waals surface area contributed by atoms with Gasteiger partial charge in [0.05, 0.1) is 10.6 Å². The summed E-state index contributed by atoms with van der Waals surface area (Å²) in [5.41, 5.74) is 0.148. The lowest BCUT2D eigenvalue weighted by atomic mass is 10.1. The van der Waals surface area contributed by atoms with Crippen molar-refractivity contribution < 1.29 is 22.0 Å². The number of nitrogens with one attached hydrogen (secondary N) is 1. The molecule has 0 aliphatic heterocycles. The number of amides is 1. The first-order chi connectivity index (χ1) is 10.2. The third-order valence-electron chi connectivity index (χ3n) is 2.94. The van der Waals surface area contributed by atoms with Crippen LogP contribution in [0.2, 0.25) is 0 Å². The van der Waals surface area contributed by atoms with E-state index in [4.69, 9.17) is 5.14 Å². The summed E-state index contributed by atoms with van der Waals surface area (Å²) < 4.78 is 49.1. The highest BCUT2D eigenvalue weighted by Crippen LogP contribution is 2.19. The summed E-state index contributed by atoms with van der Waals surface area (Å²) in [5, 5.41) is 7.29. The van der Waals surface area contributed by atoms with Gasteiger partial charge in [0.25, 0.3) is 5.91 Å². The summed E-state index contributed by atoms with van der Waals surface area (Å²) in [4.78, 5) is 11.8. The molecule has 0 saturated carbocycles. The third kappa shape index (κ3) is 3.46. The fraction of sp³-hybridized carbons (Fsp3) is 0.0714. The molecule has 0 bridgehead atoms. The molecule has 0 fully saturated rings. The van der Waals surface area contributed by atoms with Crippen LogP contribution in [0.3, 0.4) is 0 Å². The van der Waals surface area contributed by atoms with Gasteiger partial charge in [0, 0.05) is 11.6 Å². The van der Waals surface area contributed by atoms with Crippen LogP contribution in [-0.2, 0) is 10.0 Å². The van der Waals surface area contributed by atoms with Crippen molar-refractivity contribution >= 4 is 21.6 Å². The molecule has 116 valence electrons. The highest BCUT2D eigenvalue weighted by atomic mass is 32.2. The number of aryl methyl sites for hydroxylation is 1. The molecule has 22 heavy (non-hydrogen) atoms. The molecular formula is C14H12F2N2O3S. The van der Waals surface area contributed by atoms with Gasteiger partial charge in [0.2, 0.25) is 10.0 Å². The summed E-state index contributed by atoms with van der Waals surface area (Å²) in [7, 11) is -3.98. The van der Waals surface area contributed by atoms with Gasteiger partial charge in [-0.1, -0.05) is 6.07 Å². The van der Waals surface area contributed by atoms with Gasteiger partial charge in [0.15, 0.2) is 0 Å². The van der Waals surface area contributed by atoms with E-state index in [1.165, 1.54) is 19.1 Å². The standard InChI is InChI=1S/C14H12F2N2O3S/c1-8-2-3-9(6-13(8)22(17,20)21)14(19)18-12-5-4-10(15)7-11(12)16/h2-7H,1H3,(H,18,19)(H2,17,20,21). The molecule has 2 aromatic rings. The van der Waals surface area contributed by atoms with E-state index in [1.807, 2.05) is 0 Å². The Hall–Kier alpha value is -2.32. The lowest BCUT2D eigenvalue weighted by Crippen LogP contribution is -2.17. The predicted molar refractivity (Wildman–Crippen MR) is 76.9 cm³/mol. The summed E-state index contributed by atoms with van der Waals surface area (Å²) in [6, 6.07) is 6.57. The lowest BCUT2D eigenvalue weighted by molar-refractivity contribution is 0.102. The second-order valence-electron chi connectivity index (χ2n) is 4.60. The SMILES string of the molecule is Cc1ccc(C(=O)Nc2ccc(F)cc2F)cc1S(N)(=O)=O. The molecule has 1 amide bonds. The molecule has 0 saturated heterocycles. The number of hydrogen-bond donors (Lipinski definition) is 2. The Morgan fingerprint density at radius 2 is 1.82 bits per heavy atom. The van der Waals surface area contributed by atoms with Crippen molar-refractivity contribution in [2.24, 2.45) is 5.14 Å². The minimum Gasteiger partial charge on any atom is -0.319 e. The van der Waals surface area contributed by atoms with Crippen LogP contribution in [0, 0.1) is 18.6 Å². The summed E-state index contributed by atoms with van der Waals surface area (Å²) in [5.74, 6) is -2.45. The van der Waals surface area contributed by atoms with Gasteiger partial charge in [-0.05, 0) is 36.8 Å². The van der Waals surface area contributed by atoms with Gasteiger partial charge in [-0.3, -0.25) is 4.79 Å². The zero-order valence-electron chi connectivity index (χ0n) is 11.4. The number of hydrogen-bond acceptors (Lipinski definition) is 3. The van der Waals surface area contributed by atoms with Crippen LogP contribution in [0.25, 0.3) is 0 Å². The monoisotopic (exact) mass is 326 g/mol. The number of carbonyl (C=O) groups excluding carboxylic acids is 1. The van der Waals surface area contributed by atoms with Crippen molar-refractivity contribution in [3.63, 3.8) is 0 Å². The molecule has 0 aliphatic rings. The van der Waals surface area contributed by atoms with E-state index in [9.17, 15) is 22.0 Å². The first kappa shape index (κ1) is 16.1. The van der Waals surface area contributed by atoms with Gasteiger partial charge in [-0.25, -0.2) is 22.3 Å². The number of sulfonamides is 1. The van der Waals surface area contributed by atoms with E-state index in [-0.39, 0.29) is 16.1 Å². The van der Waals surface area contributed by atoms with Crippen molar-refractivity contribution in [1.82, 2.24) is 0 Å². The zero-order valence-corrected chi connectivity index (χ0v) is 12.2. The minimum atomic E-state index is -3.98. The van der Waals surface area contributed by atoms with Crippen molar-refractivity contribution in [1.29, 1.82) is 0 Å². The van der Waals surface area contributed by atoms with E-state index >= 15 is 0 Å². The first-order valence-corrected chi connectivity index (χ1v) is 7.63. The van der Waals surface area contributed by atoms with Gasteiger partial charge < -0.3 is 5.32 Å². The fourth-order valence-corrected chi connectivity index (χ4v) is 2.64. The number of benzene rings is 2. The van der Waals surface area contributed by atoms with Gasteiger partial charge in [-0.2, -0.15) is 0 Å². The largest absolute Gasteiger partial charge is 0.319 e. The van der Waals surface area contributed by atoms with Crippen LogP contribution in [0.4, 0.5) is 14.5 Å². The van der Waals surface area contributed by atoms with Gasteiger partial charge >= 0.3 is 0 Å². The van der Waals surface area contributed by atoms with Crippen molar-refractivity contribution in [2.75, 3.05) is 5.32 Å². The molecule has 2 rings (SSSR count). The number of anilines is 1. The normalized spacial score (nSPS) is 11.3. The first-order valence-electron chi connectivity index (χ1n) is 6.08. The lowest BCUT2D eigenvalue weighted by Gasteiger charge is -2.09. The molecule has 5 nitrogen and oxygen atoms in total. The predicted octanol–water partition coefficient (Wildman–Crippen LogP) is 2.17. The van der Waals surface area contributed by atoms with E-state index in [0.29, 0.717) is 11.6 Å². The number of primary sulfonamides is 1. The van der Waals surface area contributed by atoms with E-state index in [2.05, 4.69) is 5.32 Å². The van der Waals surface area contributed by atoms with Crippen molar-refractivity contribution in [2.45, 2.75) is 11.8 Å². The molecular weight excluding hydrogens is 314 g/mol. The minimum absolute atomic E-state index is 0.0154. The van der Waals surface area contributed by atoms with Crippen LogP contribution in [0.15, 0.2) is 41.3 Å². The summed E-state index contributed by atoms with van der Waals surface area (Å²) >= 11 is 0. The Morgan fingerprint density at radius 1 is 1.14 bits per heavy atom. The molecule has 0 aliphatic carbocycles. The van der Waals surface area contributed by atoms with E-state index in [0.717, 1.165) is 18.2 Å². The van der Waals surface area contributed by atoms with Crippen LogP contribution in [-0.4, -0.2) is 14.3 Å². The van der Waals surface area contributed by atoms with E-state index in [1.54, 1.807) is 0 Å². The van der Waals surface area contributed by atoms with Crippen LogP contribution >= 0.6 is 0 Å². The Kier molecular flexibility index (Phi) is 4.25. The second kappa shape index (κ2) is 5.82. The maximum absolute atomic E-state index is 13.5. The average Bonchev–Trinajstić information content (AvgIpc) is 2.41. The molecule has 0 radical (unpaired) electrons. The average molecular weight is 326 g/mol. The highest BCUT2D eigenvalue weighted by molar-refractivity contribution is 7.89. The number of carbonyl (C=O) groups is 1. The van der Waals surface area contributed by atoms with E-state index < -0.39 is 27.6 Å². The highest BCUT2D eigenvalue weighted by Gasteiger charge is 2.16. The molecule has 0 spiro atoms. The molecule has 0 heterocycles. The summed E-state index contributed by atoms with van der Waals surface area (Å²) in [6.45, 7) is 1.53. The molecule has 8 heteroatoms. The Balaban J connectivity index is 2.34. The van der Waals surface area contributed by atoms with Crippen molar-refractivity contribution in [3.8, 4) is 0 Å². The molecule has 0 aromatic heterocycles. The van der Waals surface area contributed by atoms with Crippen LogP contribution < -0.4 is 10.5 Å². The van der Waals surface area contributed by atoms with Crippen LogP contribution in [0.5, 0.6) is 0 Å². The molecule has 0 unspecified atom stereocenters. The quantitative estimate of drug-likeness (QED) is 0.906. The topological polar surface area (TPSA) is 89.3 Å².